The summed E-state index contributed by atoms with van der Waals surface area (Å²) < 4.78 is 1.56. The third-order valence-corrected chi connectivity index (χ3v) is 4.13. The predicted octanol–water partition coefficient (Wildman–Crippen LogP) is 2.61. The number of nitrogens with zero attached hydrogens (tertiary/aromatic N) is 4. The van der Waals surface area contributed by atoms with Crippen LogP contribution in [-0.4, -0.2) is 42.4 Å². The Bertz CT molecular complexity index is 967. The summed E-state index contributed by atoms with van der Waals surface area (Å²) in [4.78, 5) is 16.4. The zero-order chi connectivity index (χ0) is 19.6. The fourth-order valence-electron chi connectivity index (χ4n) is 2.82. The highest BCUT2D eigenvalue weighted by Crippen LogP contribution is 2.38. The number of amides is 1. The highest BCUT2D eigenvalue weighted by Gasteiger charge is 2.24. The lowest BCUT2D eigenvalue weighted by molar-refractivity contribution is 0.0943. The molecule has 0 aliphatic carbocycles. The Hall–Kier alpha value is -3.42. The summed E-state index contributed by atoms with van der Waals surface area (Å²) in [6.45, 7) is 6.12. The molecule has 2 aromatic heterocycles. The van der Waals surface area contributed by atoms with Crippen molar-refractivity contribution in [1.29, 1.82) is 0 Å². The summed E-state index contributed by atoms with van der Waals surface area (Å²) in [5.41, 5.74) is 1.66. The van der Waals surface area contributed by atoms with Crippen LogP contribution in [0.15, 0.2) is 36.7 Å². The molecule has 3 rings (SSSR count). The third-order valence-electron chi connectivity index (χ3n) is 4.13. The van der Waals surface area contributed by atoms with E-state index in [1.54, 1.807) is 35.2 Å². The van der Waals surface area contributed by atoms with Crippen LogP contribution in [0.2, 0.25) is 0 Å². The molecule has 0 bridgehead atoms. The smallest absolute Gasteiger partial charge is 0.289 e. The number of phenolic OH excluding ortho intramolecular Hbond substituents is 2. The first-order valence-electron chi connectivity index (χ1n) is 8.64. The minimum Gasteiger partial charge on any atom is -0.508 e. The van der Waals surface area contributed by atoms with E-state index >= 15 is 0 Å². The molecule has 0 fully saturated rings. The number of aromatic nitrogens is 4. The van der Waals surface area contributed by atoms with Crippen LogP contribution in [0.1, 0.15) is 42.9 Å². The van der Waals surface area contributed by atoms with Crippen molar-refractivity contribution in [3.8, 4) is 28.6 Å². The zero-order valence-corrected chi connectivity index (χ0v) is 15.3. The van der Waals surface area contributed by atoms with Crippen LogP contribution < -0.4 is 5.32 Å². The van der Waals surface area contributed by atoms with E-state index in [1.165, 1.54) is 6.07 Å². The van der Waals surface area contributed by atoms with E-state index in [2.05, 4.69) is 20.5 Å². The maximum absolute atomic E-state index is 12.4. The summed E-state index contributed by atoms with van der Waals surface area (Å²) >= 11 is 0. The van der Waals surface area contributed by atoms with E-state index in [9.17, 15) is 15.0 Å². The van der Waals surface area contributed by atoms with Gasteiger partial charge in [0, 0.05) is 25.0 Å². The van der Waals surface area contributed by atoms with Gasteiger partial charge in [-0.3, -0.25) is 14.3 Å². The summed E-state index contributed by atoms with van der Waals surface area (Å²) in [5, 5.41) is 31.4. The molecule has 8 heteroatoms. The second-order valence-corrected chi connectivity index (χ2v) is 6.33. The van der Waals surface area contributed by atoms with Gasteiger partial charge in [0.05, 0.1) is 11.3 Å². The van der Waals surface area contributed by atoms with Gasteiger partial charge in [0.15, 0.2) is 5.82 Å². The maximum atomic E-state index is 12.4. The SMILES string of the molecule is CCNC(=O)c1nnc(-c2cc(C(C)C)c(O)cc2O)n1-c1ccncc1. The normalized spacial score (nSPS) is 11.0. The van der Waals surface area contributed by atoms with Crippen molar-refractivity contribution < 1.29 is 15.0 Å². The zero-order valence-electron chi connectivity index (χ0n) is 15.3. The van der Waals surface area contributed by atoms with Gasteiger partial charge in [0.25, 0.3) is 5.91 Å². The molecule has 0 atom stereocenters. The number of hydrogen-bond acceptors (Lipinski definition) is 6. The number of nitrogens with one attached hydrogen (secondary N) is 1. The Morgan fingerprint density at radius 1 is 1.15 bits per heavy atom. The summed E-state index contributed by atoms with van der Waals surface area (Å²) in [6.07, 6.45) is 3.19. The Morgan fingerprint density at radius 3 is 2.48 bits per heavy atom. The van der Waals surface area contributed by atoms with Crippen LogP contribution in [0.4, 0.5) is 0 Å². The average molecular weight is 367 g/mol. The standard InChI is InChI=1S/C19H21N5O3/c1-4-21-19(27)18-23-22-17(24(18)12-5-7-20-8-6-12)14-9-13(11(2)3)15(25)10-16(14)26/h5-11,25-26H,4H2,1-3H3,(H,21,27). The number of carbonyl (C=O) groups excluding carboxylic acids is 1. The first kappa shape index (κ1) is 18.4. The molecule has 8 nitrogen and oxygen atoms in total. The summed E-state index contributed by atoms with van der Waals surface area (Å²) in [5.74, 6) is -0.106. The Balaban J connectivity index is 2.26. The molecule has 1 amide bonds. The van der Waals surface area contributed by atoms with Crippen LogP contribution in [0, 0.1) is 0 Å². The fraction of sp³-hybridized carbons (Fsp3) is 0.263. The maximum Gasteiger partial charge on any atom is 0.289 e. The van der Waals surface area contributed by atoms with E-state index in [4.69, 9.17) is 0 Å². The topological polar surface area (TPSA) is 113 Å². The predicted molar refractivity (Wildman–Crippen MR) is 100 cm³/mol. The van der Waals surface area contributed by atoms with E-state index in [0.717, 1.165) is 0 Å². The van der Waals surface area contributed by atoms with Crippen molar-refractivity contribution >= 4 is 5.91 Å². The van der Waals surface area contributed by atoms with Gasteiger partial charge in [0.1, 0.15) is 11.5 Å². The molecule has 0 aliphatic rings. The number of hydrogen-bond donors (Lipinski definition) is 3. The van der Waals surface area contributed by atoms with Gasteiger partial charge in [-0.1, -0.05) is 13.8 Å². The van der Waals surface area contributed by atoms with Crippen LogP contribution in [-0.2, 0) is 0 Å². The molecule has 0 spiro atoms. The van der Waals surface area contributed by atoms with Crippen LogP contribution in [0.5, 0.6) is 11.5 Å². The average Bonchev–Trinajstić information content (AvgIpc) is 3.07. The Kier molecular flexibility index (Phi) is 5.07. The van der Waals surface area contributed by atoms with Crippen molar-refractivity contribution in [2.45, 2.75) is 26.7 Å². The number of benzene rings is 1. The van der Waals surface area contributed by atoms with Crippen molar-refractivity contribution in [2.24, 2.45) is 0 Å². The highest BCUT2D eigenvalue weighted by molar-refractivity contribution is 5.92. The quantitative estimate of drug-likeness (QED) is 0.639. The first-order valence-corrected chi connectivity index (χ1v) is 8.64. The van der Waals surface area contributed by atoms with E-state index < -0.39 is 0 Å². The lowest BCUT2D eigenvalue weighted by Crippen LogP contribution is -2.26. The minimum atomic E-state index is -0.379. The van der Waals surface area contributed by atoms with Crippen molar-refractivity contribution in [1.82, 2.24) is 25.1 Å². The summed E-state index contributed by atoms with van der Waals surface area (Å²) in [7, 11) is 0. The molecule has 0 saturated carbocycles. The van der Waals surface area contributed by atoms with Crippen LogP contribution in [0.3, 0.4) is 0 Å². The lowest BCUT2D eigenvalue weighted by Gasteiger charge is -2.14. The van der Waals surface area contributed by atoms with Crippen LogP contribution in [0.25, 0.3) is 17.1 Å². The van der Waals surface area contributed by atoms with E-state index in [-0.39, 0.29) is 29.1 Å². The molecule has 3 aromatic rings. The van der Waals surface area contributed by atoms with Gasteiger partial charge < -0.3 is 15.5 Å². The van der Waals surface area contributed by atoms with Gasteiger partial charge in [-0.15, -0.1) is 10.2 Å². The highest BCUT2D eigenvalue weighted by atomic mass is 16.3. The van der Waals surface area contributed by atoms with Gasteiger partial charge >= 0.3 is 0 Å². The largest absolute Gasteiger partial charge is 0.508 e. The fourth-order valence-corrected chi connectivity index (χ4v) is 2.82. The van der Waals surface area contributed by atoms with Gasteiger partial charge in [-0.2, -0.15) is 0 Å². The lowest BCUT2D eigenvalue weighted by atomic mass is 9.98. The number of aromatic hydroxyl groups is 2. The second-order valence-electron chi connectivity index (χ2n) is 6.33. The molecular weight excluding hydrogens is 346 g/mol. The van der Waals surface area contributed by atoms with Crippen LogP contribution >= 0.6 is 0 Å². The van der Waals surface area contributed by atoms with E-state index in [0.29, 0.717) is 29.2 Å². The Labute approximate surface area is 156 Å². The van der Waals surface area contributed by atoms with Crippen molar-refractivity contribution in [3.63, 3.8) is 0 Å². The second kappa shape index (κ2) is 7.45. The monoisotopic (exact) mass is 367 g/mol. The first-order chi connectivity index (χ1) is 12.9. The molecule has 0 unspecified atom stereocenters. The van der Waals surface area contributed by atoms with Gasteiger partial charge in [0.2, 0.25) is 5.82 Å². The number of pyridine rings is 1. The number of rotatable bonds is 5. The van der Waals surface area contributed by atoms with Crippen molar-refractivity contribution in [3.05, 3.63) is 48.0 Å². The molecule has 140 valence electrons. The molecule has 27 heavy (non-hydrogen) atoms. The summed E-state index contributed by atoms with van der Waals surface area (Å²) in [6, 6.07) is 6.38. The van der Waals surface area contributed by atoms with E-state index in [1.807, 2.05) is 20.8 Å². The Morgan fingerprint density at radius 2 is 1.85 bits per heavy atom. The number of phenols is 2. The minimum absolute atomic E-state index is 0.00479. The molecule has 3 N–H and O–H groups in total. The molecule has 0 saturated heterocycles. The van der Waals surface area contributed by atoms with Gasteiger partial charge in [-0.25, -0.2) is 0 Å². The molecule has 2 heterocycles. The molecule has 1 aromatic carbocycles. The molecular formula is C19H21N5O3. The third kappa shape index (κ3) is 3.46. The molecule has 0 radical (unpaired) electrons. The van der Waals surface area contributed by atoms with Crippen molar-refractivity contribution in [2.75, 3.05) is 6.54 Å². The molecule has 0 aliphatic heterocycles. The van der Waals surface area contributed by atoms with Gasteiger partial charge in [-0.05, 0) is 36.6 Å². The number of carbonyl (C=O) groups is 1.